The average Bonchev–Trinajstić information content (AvgIpc) is 1.92. The molecule has 0 aliphatic carbocycles. The van der Waals surface area contributed by atoms with Gasteiger partial charge < -0.3 is 28.9 Å². The number of hydrogen-bond donors (Lipinski definition) is 0. The molecule has 0 unspecified atom stereocenters. The molecule has 0 aromatic heterocycles. The van der Waals surface area contributed by atoms with Crippen LogP contribution in [0.5, 0.6) is 0 Å². The van der Waals surface area contributed by atoms with Crippen LogP contribution in [0.4, 0.5) is 0 Å². The summed E-state index contributed by atoms with van der Waals surface area (Å²) < 4.78 is 0. The maximum atomic E-state index is 2.58. The molecular formula is C7H13IN-. The summed E-state index contributed by atoms with van der Waals surface area (Å²) in [6.45, 7) is 4.18. The first kappa shape index (κ1) is 7.79. The molecule has 2 heteroatoms. The highest BCUT2D eigenvalue weighted by Crippen LogP contribution is 2.26. The van der Waals surface area contributed by atoms with Crippen molar-refractivity contribution in [2.45, 2.75) is 19.3 Å². The van der Waals surface area contributed by atoms with Crippen molar-refractivity contribution in [1.82, 2.24) is 4.90 Å². The largest absolute Gasteiger partial charge is 1.00 e. The maximum Gasteiger partial charge on any atom is -0.00161 e. The highest BCUT2D eigenvalue weighted by Gasteiger charge is 2.24. The second kappa shape index (κ2) is 3.19. The lowest BCUT2D eigenvalue weighted by atomic mass is 9.89. The predicted molar refractivity (Wildman–Crippen MR) is 33.8 cm³/mol. The van der Waals surface area contributed by atoms with Gasteiger partial charge in [0.15, 0.2) is 0 Å². The minimum absolute atomic E-state index is 0. The van der Waals surface area contributed by atoms with Crippen LogP contribution in [-0.2, 0) is 0 Å². The molecule has 0 aromatic rings. The molecule has 0 spiro atoms. The molecular weight excluding hydrogens is 225 g/mol. The third-order valence-corrected chi connectivity index (χ3v) is 2.56. The van der Waals surface area contributed by atoms with Gasteiger partial charge in [0.05, 0.1) is 0 Å². The van der Waals surface area contributed by atoms with E-state index in [0.29, 0.717) is 0 Å². The molecule has 3 heterocycles. The Bertz CT molecular complexity index is 63.9. The molecule has 0 saturated carbocycles. The molecule has 3 rings (SSSR count). The molecule has 0 amide bonds. The molecule has 54 valence electrons. The summed E-state index contributed by atoms with van der Waals surface area (Å²) in [5.74, 6) is 1.11. The van der Waals surface area contributed by atoms with Crippen molar-refractivity contribution in [1.29, 1.82) is 0 Å². The number of halogens is 1. The molecule has 3 aliphatic rings. The van der Waals surface area contributed by atoms with E-state index in [2.05, 4.69) is 4.90 Å². The van der Waals surface area contributed by atoms with Gasteiger partial charge in [-0.25, -0.2) is 0 Å². The Balaban J connectivity index is 0.000000405. The lowest BCUT2D eigenvalue weighted by Gasteiger charge is -2.38. The van der Waals surface area contributed by atoms with Gasteiger partial charge in [0.2, 0.25) is 0 Å². The first-order valence-electron chi connectivity index (χ1n) is 3.67. The van der Waals surface area contributed by atoms with Gasteiger partial charge in [0, 0.05) is 0 Å². The normalized spacial score (nSPS) is 40.0. The molecule has 1 nitrogen and oxygen atoms in total. The molecule has 3 saturated heterocycles. The van der Waals surface area contributed by atoms with Gasteiger partial charge in [-0.05, 0) is 44.8 Å². The van der Waals surface area contributed by atoms with E-state index in [1.54, 1.807) is 0 Å². The summed E-state index contributed by atoms with van der Waals surface area (Å²) >= 11 is 0. The number of nitrogens with zero attached hydrogens (tertiary/aromatic N) is 1. The Kier molecular flexibility index (Phi) is 2.76. The molecule has 3 fully saturated rings. The van der Waals surface area contributed by atoms with E-state index in [1.807, 2.05) is 0 Å². The summed E-state index contributed by atoms with van der Waals surface area (Å²) in [5.41, 5.74) is 0. The van der Waals surface area contributed by atoms with E-state index in [0.717, 1.165) is 5.92 Å². The second-order valence-corrected chi connectivity index (χ2v) is 3.07. The first-order valence-corrected chi connectivity index (χ1v) is 3.67. The van der Waals surface area contributed by atoms with E-state index in [1.165, 1.54) is 38.9 Å². The van der Waals surface area contributed by atoms with Crippen molar-refractivity contribution in [2.24, 2.45) is 5.92 Å². The van der Waals surface area contributed by atoms with Gasteiger partial charge in [-0.1, -0.05) is 0 Å². The molecule has 0 N–H and O–H groups in total. The smallest absolute Gasteiger partial charge is 0.00161 e. The fourth-order valence-corrected chi connectivity index (χ4v) is 1.86. The van der Waals surface area contributed by atoms with Crippen molar-refractivity contribution < 1.29 is 24.0 Å². The average molecular weight is 238 g/mol. The quantitative estimate of drug-likeness (QED) is 0.446. The van der Waals surface area contributed by atoms with E-state index in [9.17, 15) is 0 Å². The zero-order valence-corrected chi connectivity index (χ0v) is 7.80. The highest BCUT2D eigenvalue weighted by atomic mass is 127. The fraction of sp³-hybridized carbons (Fsp3) is 1.00. The van der Waals surface area contributed by atoms with E-state index in [-0.39, 0.29) is 24.0 Å². The molecule has 2 bridgehead atoms. The zero-order valence-electron chi connectivity index (χ0n) is 5.65. The minimum Gasteiger partial charge on any atom is -1.00 e. The van der Waals surface area contributed by atoms with Gasteiger partial charge in [0.1, 0.15) is 0 Å². The Hall–Kier alpha value is 0.690. The third-order valence-electron chi connectivity index (χ3n) is 2.56. The molecule has 9 heavy (non-hydrogen) atoms. The predicted octanol–water partition coefficient (Wildman–Crippen LogP) is -1.89. The van der Waals surface area contributed by atoms with Crippen molar-refractivity contribution in [3.8, 4) is 0 Å². The molecule has 0 radical (unpaired) electrons. The van der Waals surface area contributed by atoms with Gasteiger partial charge in [-0.3, -0.25) is 0 Å². The summed E-state index contributed by atoms with van der Waals surface area (Å²) in [4.78, 5) is 2.58. The number of piperidine rings is 3. The number of fused-ring (bicyclic) bond motifs is 3. The Morgan fingerprint density at radius 3 is 1.44 bits per heavy atom. The Morgan fingerprint density at radius 2 is 1.33 bits per heavy atom. The van der Waals surface area contributed by atoms with E-state index < -0.39 is 0 Å². The minimum atomic E-state index is 0. The molecule has 3 aliphatic heterocycles. The Morgan fingerprint density at radius 1 is 0.889 bits per heavy atom. The Labute approximate surface area is 73.8 Å². The van der Waals surface area contributed by atoms with Crippen LogP contribution in [0.15, 0.2) is 0 Å². The van der Waals surface area contributed by atoms with Crippen LogP contribution < -0.4 is 24.0 Å². The van der Waals surface area contributed by atoms with Gasteiger partial charge in [-0.15, -0.1) is 0 Å². The highest BCUT2D eigenvalue weighted by molar-refractivity contribution is 4.78. The van der Waals surface area contributed by atoms with Crippen LogP contribution in [0.25, 0.3) is 0 Å². The van der Waals surface area contributed by atoms with Crippen molar-refractivity contribution in [2.75, 3.05) is 19.6 Å². The summed E-state index contributed by atoms with van der Waals surface area (Å²) in [7, 11) is 0. The van der Waals surface area contributed by atoms with Crippen LogP contribution in [0.1, 0.15) is 19.3 Å². The van der Waals surface area contributed by atoms with Crippen LogP contribution >= 0.6 is 0 Å². The fourth-order valence-electron chi connectivity index (χ4n) is 1.86. The molecule has 0 aromatic carbocycles. The van der Waals surface area contributed by atoms with Crippen LogP contribution in [0.3, 0.4) is 0 Å². The SMILES string of the molecule is C1CN2CCC1CC2.[I-]. The van der Waals surface area contributed by atoms with Crippen molar-refractivity contribution in [3.63, 3.8) is 0 Å². The van der Waals surface area contributed by atoms with Gasteiger partial charge >= 0.3 is 0 Å². The monoisotopic (exact) mass is 238 g/mol. The standard InChI is InChI=1S/C7H13N.HI/c1-4-8-5-2-7(1)3-6-8;/h7H,1-6H2;1H/p-1. The summed E-state index contributed by atoms with van der Waals surface area (Å²) in [6.07, 6.45) is 4.46. The topological polar surface area (TPSA) is 3.24 Å². The van der Waals surface area contributed by atoms with Crippen LogP contribution in [0, 0.1) is 5.92 Å². The van der Waals surface area contributed by atoms with Crippen LogP contribution in [0.2, 0.25) is 0 Å². The zero-order chi connectivity index (χ0) is 5.40. The summed E-state index contributed by atoms with van der Waals surface area (Å²) in [6, 6.07) is 0. The van der Waals surface area contributed by atoms with E-state index >= 15 is 0 Å². The lowest BCUT2D eigenvalue weighted by Crippen LogP contribution is -3.00. The number of hydrogen-bond acceptors (Lipinski definition) is 1. The molecule has 0 atom stereocenters. The number of rotatable bonds is 0. The van der Waals surface area contributed by atoms with Crippen LogP contribution in [-0.4, -0.2) is 24.5 Å². The van der Waals surface area contributed by atoms with E-state index in [4.69, 9.17) is 0 Å². The summed E-state index contributed by atoms with van der Waals surface area (Å²) in [5, 5.41) is 0. The van der Waals surface area contributed by atoms with Gasteiger partial charge in [-0.2, -0.15) is 0 Å². The lowest BCUT2D eigenvalue weighted by molar-refractivity contribution is -0.00000177. The first-order chi connectivity index (χ1) is 3.95. The second-order valence-electron chi connectivity index (χ2n) is 3.07. The van der Waals surface area contributed by atoms with Crippen molar-refractivity contribution in [3.05, 3.63) is 0 Å². The maximum absolute atomic E-state index is 2.58. The van der Waals surface area contributed by atoms with Gasteiger partial charge in [0.25, 0.3) is 0 Å². The van der Waals surface area contributed by atoms with Crippen molar-refractivity contribution >= 4 is 0 Å². The third kappa shape index (κ3) is 1.58.